The summed E-state index contributed by atoms with van der Waals surface area (Å²) in [5, 5.41) is 9.96. The first-order valence-electron chi connectivity index (χ1n) is 5.70. The van der Waals surface area contributed by atoms with Gasteiger partial charge in [0.25, 0.3) is 0 Å². The summed E-state index contributed by atoms with van der Waals surface area (Å²) in [6, 6.07) is 6.03. The van der Waals surface area contributed by atoms with E-state index in [1.165, 1.54) is 11.9 Å². The number of anilines is 2. The Balaban J connectivity index is 1.78. The molecule has 0 amide bonds. The third-order valence-electron chi connectivity index (χ3n) is 2.58. The molecule has 5 nitrogen and oxygen atoms in total. The number of nitrogens with zero attached hydrogens (tertiary/aromatic N) is 2. The van der Waals surface area contributed by atoms with Crippen molar-refractivity contribution in [2.75, 3.05) is 17.6 Å². The Bertz CT molecular complexity index is 464. The van der Waals surface area contributed by atoms with Crippen molar-refractivity contribution >= 4 is 11.4 Å². The van der Waals surface area contributed by atoms with Crippen LogP contribution in [0.4, 0.5) is 11.4 Å². The van der Waals surface area contributed by atoms with Crippen LogP contribution in [0, 0.1) is 6.92 Å². The topological polar surface area (TPSA) is 79.6 Å². The Morgan fingerprint density at radius 2 is 2.29 bits per heavy atom. The number of hydrogen-bond donors (Lipinski definition) is 3. The third-order valence-corrected chi connectivity index (χ3v) is 2.58. The summed E-state index contributed by atoms with van der Waals surface area (Å²) >= 11 is 0. The molecule has 5 heteroatoms. The molecule has 0 aliphatic rings. The third kappa shape index (κ3) is 3.21. The number of aryl methyl sites for hydroxylation is 2. The first-order chi connectivity index (χ1) is 8.25. The van der Waals surface area contributed by atoms with Crippen molar-refractivity contribution in [3.05, 3.63) is 35.9 Å². The van der Waals surface area contributed by atoms with Crippen LogP contribution in [0.5, 0.6) is 0 Å². The van der Waals surface area contributed by atoms with E-state index >= 15 is 0 Å². The average Bonchev–Trinajstić information content (AvgIpc) is 2.79. The lowest BCUT2D eigenvalue weighted by Gasteiger charge is -2.09. The molecule has 0 unspecified atom stereocenters. The van der Waals surface area contributed by atoms with Gasteiger partial charge in [-0.05, 0) is 31.0 Å². The number of rotatable bonds is 5. The van der Waals surface area contributed by atoms with E-state index in [0.717, 1.165) is 36.6 Å². The van der Waals surface area contributed by atoms with E-state index in [0.29, 0.717) is 0 Å². The van der Waals surface area contributed by atoms with Gasteiger partial charge in [-0.15, -0.1) is 0 Å². The molecule has 0 atom stereocenters. The second-order valence-corrected chi connectivity index (χ2v) is 4.05. The van der Waals surface area contributed by atoms with E-state index in [1.54, 1.807) is 0 Å². The van der Waals surface area contributed by atoms with E-state index < -0.39 is 0 Å². The summed E-state index contributed by atoms with van der Waals surface area (Å²) < 4.78 is 0. The SMILES string of the molecule is Cc1ccc(NCCCc2ncn[nH]2)c(N)c1. The zero-order valence-corrected chi connectivity index (χ0v) is 9.90. The number of H-pyrrole nitrogens is 1. The van der Waals surface area contributed by atoms with Crippen molar-refractivity contribution in [3.8, 4) is 0 Å². The van der Waals surface area contributed by atoms with Crippen molar-refractivity contribution in [3.63, 3.8) is 0 Å². The van der Waals surface area contributed by atoms with Gasteiger partial charge in [0.05, 0.1) is 11.4 Å². The van der Waals surface area contributed by atoms with Crippen molar-refractivity contribution in [1.82, 2.24) is 15.2 Å². The first-order valence-corrected chi connectivity index (χ1v) is 5.70. The molecule has 1 aromatic heterocycles. The maximum absolute atomic E-state index is 5.91. The Kier molecular flexibility index (Phi) is 3.59. The van der Waals surface area contributed by atoms with Crippen LogP contribution in [0.3, 0.4) is 0 Å². The Morgan fingerprint density at radius 1 is 1.41 bits per heavy atom. The highest BCUT2D eigenvalue weighted by Crippen LogP contribution is 2.19. The summed E-state index contributed by atoms with van der Waals surface area (Å²) in [6.45, 7) is 2.90. The molecule has 0 fully saturated rings. The predicted octanol–water partition coefficient (Wildman–Crippen LogP) is 1.74. The second kappa shape index (κ2) is 5.34. The Hall–Kier alpha value is -2.04. The molecule has 0 saturated carbocycles. The van der Waals surface area contributed by atoms with Gasteiger partial charge >= 0.3 is 0 Å². The number of nitrogens with one attached hydrogen (secondary N) is 2. The van der Waals surface area contributed by atoms with Crippen LogP contribution < -0.4 is 11.1 Å². The van der Waals surface area contributed by atoms with Crippen LogP contribution in [0.1, 0.15) is 17.8 Å². The molecule has 0 aliphatic carbocycles. The average molecular weight is 231 g/mol. The summed E-state index contributed by atoms with van der Waals surface area (Å²) in [7, 11) is 0. The van der Waals surface area contributed by atoms with Crippen molar-refractivity contribution in [1.29, 1.82) is 0 Å². The molecule has 0 saturated heterocycles. The van der Waals surface area contributed by atoms with Crippen LogP contribution >= 0.6 is 0 Å². The van der Waals surface area contributed by atoms with Gasteiger partial charge in [-0.1, -0.05) is 6.07 Å². The highest BCUT2D eigenvalue weighted by atomic mass is 15.2. The van der Waals surface area contributed by atoms with Gasteiger partial charge in [0.15, 0.2) is 0 Å². The molecule has 0 spiro atoms. The minimum absolute atomic E-state index is 0.796. The molecular formula is C12H17N5. The molecule has 2 aromatic rings. The van der Waals surface area contributed by atoms with Gasteiger partial charge in [-0.25, -0.2) is 4.98 Å². The van der Waals surface area contributed by atoms with Crippen LogP contribution in [0.15, 0.2) is 24.5 Å². The standard InChI is InChI=1S/C12H17N5/c1-9-4-5-11(10(13)7-9)14-6-2-3-12-15-8-16-17-12/h4-5,7-8,14H,2-3,6,13H2,1H3,(H,15,16,17). The van der Waals surface area contributed by atoms with Gasteiger partial charge in [-0.2, -0.15) is 5.10 Å². The largest absolute Gasteiger partial charge is 0.397 e. The zero-order chi connectivity index (χ0) is 12.1. The Labute approximate surface area is 100 Å². The quantitative estimate of drug-likeness (QED) is 0.541. The van der Waals surface area contributed by atoms with E-state index in [-0.39, 0.29) is 0 Å². The maximum atomic E-state index is 5.91. The van der Waals surface area contributed by atoms with Crippen LogP contribution in [0.25, 0.3) is 0 Å². The summed E-state index contributed by atoms with van der Waals surface area (Å²) in [5.74, 6) is 0.920. The highest BCUT2D eigenvalue weighted by molar-refractivity contribution is 5.66. The lowest BCUT2D eigenvalue weighted by Crippen LogP contribution is -2.06. The minimum atomic E-state index is 0.796. The summed E-state index contributed by atoms with van der Waals surface area (Å²) in [6.07, 6.45) is 3.40. The fourth-order valence-electron chi connectivity index (χ4n) is 1.67. The molecule has 0 radical (unpaired) electrons. The monoisotopic (exact) mass is 231 g/mol. The number of aromatic amines is 1. The van der Waals surface area contributed by atoms with Gasteiger partial charge in [0, 0.05) is 13.0 Å². The fraction of sp³-hybridized carbons (Fsp3) is 0.333. The fourth-order valence-corrected chi connectivity index (χ4v) is 1.67. The molecule has 4 N–H and O–H groups in total. The highest BCUT2D eigenvalue weighted by Gasteiger charge is 1.99. The molecule has 0 bridgehead atoms. The van der Waals surface area contributed by atoms with E-state index in [4.69, 9.17) is 5.73 Å². The second-order valence-electron chi connectivity index (χ2n) is 4.05. The van der Waals surface area contributed by atoms with Gasteiger partial charge < -0.3 is 11.1 Å². The number of aromatic nitrogens is 3. The zero-order valence-electron chi connectivity index (χ0n) is 9.90. The van der Waals surface area contributed by atoms with Crippen molar-refractivity contribution in [2.24, 2.45) is 0 Å². The molecule has 90 valence electrons. The minimum Gasteiger partial charge on any atom is -0.397 e. The van der Waals surface area contributed by atoms with Gasteiger partial charge in [-0.3, -0.25) is 5.10 Å². The molecular weight excluding hydrogens is 214 g/mol. The van der Waals surface area contributed by atoms with Crippen LogP contribution in [-0.2, 0) is 6.42 Å². The number of nitrogens with two attached hydrogens (primary N) is 1. The first kappa shape index (κ1) is 11.4. The maximum Gasteiger partial charge on any atom is 0.137 e. The van der Waals surface area contributed by atoms with Crippen molar-refractivity contribution < 1.29 is 0 Å². The van der Waals surface area contributed by atoms with Crippen LogP contribution in [-0.4, -0.2) is 21.7 Å². The van der Waals surface area contributed by atoms with E-state index in [2.05, 4.69) is 26.6 Å². The van der Waals surface area contributed by atoms with Gasteiger partial charge in [0.2, 0.25) is 0 Å². The lowest BCUT2D eigenvalue weighted by atomic mass is 10.2. The smallest absolute Gasteiger partial charge is 0.137 e. The van der Waals surface area contributed by atoms with E-state index in [1.807, 2.05) is 19.1 Å². The van der Waals surface area contributed by atoms with E-state index in [9.17, 15) is 0 Å². The molecule has 1 heterocycles. The van der Waals surface area contributed by atoms with Crippen molar-refractivity contribution in [2.45, 2.75) is 19.8 Å². The number of hydrogen-bond acceptors (Lipinski definition) is 4. The molecule has 1 aromatic carbocycles. The lowest BCUT2D eigenvalue weighted by molar-refractivity contribution is 0.806. The molecule has 2 rings (SSSR count). The van der Waals surface area contributed by atoms with Crippen LogP contribution in [0.2, 0.25) is 0 Å². The molecule has 17 heavy (non-hydrogen) atoms. The summed E-state index contributed by atoms with van der Waals surface area (Å²) in [4.78, 5) is 4.07. The summed E-state index contributed by atoms with van der Waals surface area (Å²) in [5.41, 5.74) is 8.87. The van der Waals surface area contributed by atoms with Gasteiger partial charge in [0.1, 0.15) is 12.2 Å². The normalized spacial score (nSPS) is 10.4. The predicted molar refractivity (Wildman–Crippen MR) is 68.8 cm³/mol. The molecule has 0 aliphatic heterocycles. The Morgan fingerprint density at radius 3 is 3.00 bits per heavy atom. The number of nitrogen functional groups attached to an aromatic ring is 1. The number of benzene rings is 1.